The molecule has 4 heteroatoms. The lowest BCUT2D eigenvalue weighted by atomic mass is 9.95. The van der Waals surface area contributed by atoms with Crippen molar-refractivity contribution in [3.05, 3.63) is 18.2 Å². The number of aliphatic hydroxyl groups is 1. The predicted octanol–water partition coefficient (Wildman–Crippen LogP) is 1.04. The fraction of sp³-hybridized carbons (Fsp3) is 0.750. The predicted molar refractivity (Wildman–Crippen MR) is 63.3 cm³/mol. The molecule has 1 atom stereocenters. The topological polar surface area (TPSA) is 41.3 Å². The van der Waals surface area contributed by atoms with Gasteiger partial charge in [0.2, 0.25) is 0 Å². The quantitative estimate of drug-likeness (QED) is 0.832. The van der Waals surface area contributed by atoms with Gasteiger partial charge >= 0.3 is 0 Å². The second kappa shape index (κ2) is 4.55. The molecule has 0 spiro atoms. The van der Waals surface area contributed by atoms with Crippen molar-refractivity contribution >= 4 is 0 Å². The first-order valence-electron chi connectivity index (χ1n) is 5.99. The standard InChI is InChI=1S/C12H21N3O/c1-11-13-5-7-15(11)9-8-14-6-3-4-12(2,16)10-14/h5,7,16H,3-4,6,8-10H2,1-2H3. The van der Waals surface area contributed by atoms with Gasteiger partial charge in [-0.25, -0.2) is 4.98 Å². The van der Waals surface area contributed by atoms with Crippen molar-refractivity contribution in [3.8, 4) is 0 Å². The minimum atomic E-state index is -0.498. The molecule has 0 aliphatic carbocycles. The fourth-order valence-electron chi connectivity index (χ4n) is 2.40. The summed E-state index contributed by atoms with van der Waals surface area (Å²) in [6.07, 6.45) is 5.86. The van der Waals surface area contributed by atoms with Crippen LogP contribution in [0, 0.1) is 6.92 Å². The molecule has 1 saturated heterocycles. The summed E-state index contributed by atoms with van der Waals surface area (Å²) in [6.45, 7) is 7.80. The molecule has 1 aromatic rings. The van der Waals surface area contributed by atoms with Crippen LogP contribution < -0.4 is 0 Å². The number of aryl methyl sites for hydroxylation is 1. The number of β-amino-alcohol motifs (C(OH)–C–C–N with tert-alkyl or cyclic N) is 1. The second-order valence-electron chi connectivity index (χ2n) is 5.04. The maximum absolute atomic E-state index is 10.00. The number of piperidine rings is 1. The maximum Gasteiger partial charge on any atom is 0.105 e. The van der Waals surface area contributed by atoms with E-state index < -0.39 is 5.60 Å². The lowest BCUT2D eigenvalue weighted by Gasteiger charge is -2.36. The molecule has 1 aliphatic rings. The van der Waals surface area contributed by atoms with Gasteiger partial charge in [0.1, 0.15) is 5.82 Å². The molecule has 16 heavy (non-hydrogen) atoms. The van der Waals surface area contributed by atoms with Crippen LogP contribution in [0.15, 0.2) is 12.4 Å². The molecule has 90 valence electrons. The van der Waals surface area contributed by atoms with E-state index in [9.17, 15) is 5.11 Å². The summed E-state index contributed by atoms with van der Waals surface area (Å²) >= 11 is 0. The summed E-state index contributed by atoms with van der Waals surface area (Å²) < 4.78 is 2.16. The van der Waals surface area contributed by atoms with Crippen LogP contribution in [0.2, 0.25) is 0 Å². The van der Waals surface area contributed by atoms with Gasteiger partial charge in [0.25, 0.3) is 0 Å². The largest absolute Gasteiger partial charge is 0.389 e. The van der Waals surface area contributed by atoms with Crippen molar-refractivity contribution in [2.75, 3.05) is 19.6 Å². The molecule has 2 heterocycles. The Morgan fingerprint density at radius 2 is 2.31 bits per heavy atom. The Balaban J connectivity index is 1.84. The fourth-order valence-corrected chi connectivity index (χ4v) is 2.40. The Kier molecular flexibility index (Phi) is 3.30. The second-order valence-corrected chi connectivity index (χ2v) is 5.04. The maximum atomic E-state index is 10.00. The summed E-state index contributed by atoms with van der Waals surface area (Å²) in [7, 11) is 0. The SMILES string of the molecule is Cc1nccn1CCN1CCCC(C)(O)C1. The van der Waals surface area contributed by atoms with E-state index in [1.165, 1.54) is 0 Å². The first-order valence-corrected chi connectivity index (χ1v) is 5.99. The van der Waals surface area contributed by atoms with Gasteiger partial charge in [0, 0.05) is 32.0 Å². The van der Waals surface area contributed by atoms with Crippen LogP contribution in [0.5, 0.6) is 0 Å². The molecule has 0 saturated carbocycles. The molecule has 0 radical (unpaired) electrons. The molecule has 0 bridgehead atoms. The third-order valence-electron chi connectivity index (χ3n) is 3.33. The van der Waals surface area contributed by atoms with Gasteiger partial charge in [-0.05, 0) is 33.2 Å². The Labute approximate surface area is 96.9 Å². The first kappa shape index (κ1) is 11.6. The van der Waals surface area contributed by atoms with Gasteiger partial charge < -0.3 is 9.67 Å². The molecule has 1 aromatic heterocycles. The van der Waals surface area contributed by atoms with E-state index in [-0.39, 0.29) is 0 Å². The van der Waals surface area contributed by atoms with Gasteiger partial charge in [0.05, 0.1) is 5.60 Å². The Bertz CT molecular complexity index is 346. The highest BCUT2D eigenvalue weighted by Gasteiger charge is 2.27. The van der Waals surface area contributed by atoms with Gasteiger partial charge in [-0.3, -0.25) is 4.90 Å². The lowest BCUT2D eigenvalue weighted by Crippen LogP contribution is -2.46. The van der Waals surface area contributed by atoms with E-state index in [1.807, 2.05) is 26.2 Å². The summed E-state index contributed by atoms with van der Waals surface area (Å²) in [5.74, 6) is 1.06. The Hall–Kier alpha value is -0.870. The molecule has 1 unspecified atom stereocenters. The van der Waals surface area contributed by atoms with Crippen LogP contribution in [-0.2, 0) is 6.54 Å². The lowest BCUT2D eigenvalue weighted by molar-refractivity contribution is -0.0163. The van der Waals surface area contributed by atoms with Gasteiger partial charge in [-0.15, -0.1) is 0 Å². The summed E-state index contributed by atoms with van der Waals surface area (Å²) in [5, 5.41) is 10.00. The highest BCUT2D eigenvalue weighted by molar-refractivity contribution is 4.89. The summed E-state index contributed by atoms with van der Waals surface area (Å²) in [5.41, 5.74) is -0.498. The molecule has 1 aliphatic heterocycles. The zero-order valence-corrected chi connectivity index (χ0v) is 10.2. The minimum Gasteiger partial charge on any atom is -0.389 e. The van der Waals surface area contributed by atoms with Crippen molar-refractivity contribution < 1.29 is 5.11 Å². The Morgan fingerprint density at radius 3 is 2.94 bits per heavy atom. The van der Waals surface area contributed by atoms with Crippen LogP contribution >= 0.6 is 0 Å². The third-order valence-corrected chi connectivity index (χ3v) is 3.33. The highest BCUT2D eigenvalue weighted by atomic mass is 16.3. The van der Waals surface area contributed by atoms with Crippen molar-refractivity contribution in [1.82, 2.24) is 14.5 Å². The average Bonchev–Trinajstić information content (AvgIpc) is 2.60. The minimum absolute atomic E-state index is 0.498. The van der Waals surface area contributed by atoms with E-state index in [4.69, 9.17) is 0 Å². The molecule has 1 fully saturated rings. The Morgan fingerprint density at radius 1 is 1.50 bits per heavy atom. The number of hydrogen-bond donors (Lipinski definition) is 1. The summed E-state index contributed by atoms with van der Waals surface area (Å²) in [6, 6.07) is 0. The van der Waals surface area contributed by atoms with Gasteiger partial charge in [-0.2, -0.15) is 0 Å². The normalized spacial score (nSPS) is 27.2. The van der Waals surface area contributed by atoms with Crippen LogP contribution in [0.4, 0.5) is 0 Å². The number of rotatable bonds is 3. The molecular weight excluding hydrogens is 202 g/mol. The highest BCUT2D eigenvalue weighted by Crippen LogP contribution is 2.19. The van der Waals surface area contributed by atoms with Gasteiger partial charge in [-0.1, -0.05) is 0 Å². The molecular formula is C12H21N3O. The molecule has 0 amide bonds. The number of aromatic nitrogens is 2. The summed E-state index contributed by atoms with van der Waals surface area (Å²) in [4.78, 5) is 6.54. The van der Waals surface area contributed by atoms with E-state index in [0.717, 1.165) is 44.8 Å². The van der Waals surface area contributed by atoms with E-state index in [1.54, 1.807) is 0 Å². The zero-order chi connectivity index (χ0) is 11.6. The van der Waals surface area contributed by atoms with Crippen molar-refractivity contribution in [1.29, 1.82) is 0 Å². The van der Waals surface area contributed by atoms with Crippen molar-refractivity contribution in [2.45, 2.75) is 38.8 Å². The van der Waals surface area contributed by atoms with Gasteiger partial charge in [0.15, 0.2) is 0 Å². The number of hydrogen-bond acceptors (Lipinski definition) is 3. The molecule has 0 aromatic carbocycles. The smallest absolute Gasteiger partial charge is 0.105 e. The van der Waals surface area contributed by atoms with Crippen LogP contribution in [-0.4, -0.2) is 44.8 Å². The van der Waals surface area contributed by atoms with Crippen molar-refractivity contribution in [3.63, 3.8) is 0 Å². The number of likely N-dealkylation sites (tertiary alicyclic amines) is 1. The van der Waals surface area contributed by atoms with Crippen LogP contribution in [0.1, 0.15) is 25.6 Å². The van der Waals surface area contributed by atoms with E-state index in [2.05, 4.69) is 14.5 Å². The number of imidazole rings is 1. The number of nitrogens with zero attached hydrogens (tertiary/aromatic N) is 3. The first-order chi connectivity index (χ1) is 7.57. The van der Waals surface area contributed by atoms with E-state index >= 15 is 0 Å². The molecule has 2 rings (SSSR count). The average molecular weight is 223 g/mol. The molecule has 4 nitrogen and oxygen atoms in total. The molecule has 1 N–H and O–H groups in total. The monoisotopic (exact) mass is 223 g/mol. The van der Waals surface area contributed by atoms with Crippen LogP contribution in [0.3, 0.4) is 0 Å². The third kappa shape index (κ3) is 2.83. The van der Waals surface area contributed by atoms with Crippen molar-refractivity contribution in [2.24, 2.45) is 0 Å². The van der Waals surface area contributed by atoms with E-state index in [0.29, 0.717) is 0 Å². The van der Waals surface area contributed by atoms with Crippen LogP contribution in [0.25, 0.3) is 0 Å². The zero-order valence-electron chi connectivity index (χ0n) is 10.2.